The van der Waals surface area contributed by atoms with E-state index < -0.39 is 17.5 Å². The van der Waals surface area contributed by atoms with E-state index in [1.54, 1.807) is 31.2 Å². The minimum atomic E-state index is -1.16. The number of Topliss-reactive ketones (excluding diaryl/α,β-unsaturated/α-hetero) is 1. The Hall–Kier alpha value is -3.09. The van der Waals surface area contributed by atoms with Gasteiger partial charge in [0.05, 0.1) is 13.2 Å². The molecule has 3 heterocycles. The van der Waals surface area contributed by atoms with Crippen LogP contribution in [0.1, 0.15) is 33.7 Å². The van der Waals surface area contributed by atoms with Crippen molar-refractivity contribution in [1.29, 1.82) is 0 Å². The second-order valence-corrected chi connectivity index (χ2v) is 6.74. The molecule has 2 N–H and O–H groups in total. The van der Waals surface area contributed by atoms with Crippen molar-refractivity contribution in [3.8, 4) is 5.75 Å². The summed E-state index contributed by atoms with van der Waals surface area (Å²) in [6.45, 7) is 3.68. The minimum Gasteiger partial charge on any atom is -0.493 e. The monoisotopic (exact) mass is 353 g/mol. The van der Waals surface area contributed by atoms with Gasteiger partial charge < -0.3 is 15.0 Å². The van der Waals surface area contributed by atoms with E-state index in [0.29, 0.717) is 29.9 Å². The molecule has 0 saturated carbocycles. The highest BCUT2D eigenvalue weighted by molar-refractivity contribution is 6.12. The van der Waals surface area contributed by atoms with Crippen LogP contribution in [0.5, 0.6) is 5.75 Å². The molecular weight excluding hydrogens is 334 g/mol. The number of amides is 3. The highest BCUT2D eigenvalue weighted by atomic mass is 16.5. The van der Waals surface area contributed by atoms with Gasteiger partial charge in [0, 0.05) is 28.9 Å². The van der Waals surface area contributed by atoms with E-state index in [4.69, 9.17) is 4.74 Å². The van der Waals surface area contributed by atoms with Gasteiger partial charge >= 0.3 is 6.03 Å². The summed E-state index contributed by atoms with van der Waals surface area (Å²) in [7, 11) is 0. The molecule has 1 aromatic carbocycles. The maximum Gasteiger partial charge on any atom is 0.325 e. The lowest BCUT2D eigenvalue weighted by Crippen LogP contribution is -2.47. The van der Waals surface area contributed by atoms with Gasteiger partial charge in [0.1, 0.15) is 5.75 Å². The first-order chi connectivity index (χ1) is 12.4. The van der Waals surface area contributed by atoms with Crippen molar-refractivity contribution in [3.05, 3.63) is 52.8 Å². The molecule has 1 fully saturated rings. The van der Waals surface area contributed by atoms with Crippen LogP contribution in [0, 0.1) is 13.8 Å². The van der Waals surface area contributed by atoms with E-state index in [0.717, 1.165) is 16.3 Å². The van der Waals surface area contributed by atoms with Crippen LogP contribution in [0.25, 0.3) is 0 Å². The molecule has 7 heteroatoms. The maximum absolute atomic E-state index is 13.1. The zero-order valence-corrected chi connectivity index (χ0v) is 14.6. The fourth-order valence-electron chi connectivity index (χ4n) is 3.76. The number of aryl methyl sites for hydroxylation is 2. The number of hydrogen-bond acceptors (Lipinski definition) is 4. The first kappa shape index (κ1) is 16.4. The number of nitrogens with one attached hydrogen (secondary N) is 2. The molecule has 0 aliphatic carbocycles. The number of benzene rings is 1. The van der Waals surface area contributed by atoms with Gasteiger partial charge in [-0.05, 0) is 26.0 Å². The number of imide groups is 1. The van der Waals surface area contributed by atoms with E-state index in [2.05, 4.69) is 10.3 Å². The molecule has 1 unspecified atom stereocenters. The third-order valence-corrected chi connectivity index (χ3v) is 5.01. The van der Waals surface area contributed by atoms with Gasteiger partial charge in [0.2, 0.25) is 0 Å². The Kier molecular flexibility index (Phi) is 3.61. The number of aromatic amines is 1. The van der Waals surface area contributed by atoms with Crippen LogP contribution < -0.4 is 10.1 Å². The lowest BCUT2D eigenvalue weighted by atomic mass is 9.84. The van der Waals surface area contributed by atoms with Gasteiger partial charge in [-0.2, -0.15) is 0 Å². The molecule has 1 spiro atoms. The fourth-order valence-corrected chi connectivity index (χ4v) is 3.76. The number of carbonyl (C=O) groups is 3. The maximum atomic E-state index is 13.1. The summed E-state index contributed by atoms with van der Waals surface area (Å²) in [6.07, 6.45) is 0.335. The van der Waals surface area contributed by atoms with Crippen molar-refractivity contribution < 1.29 is 19.1 Å². The molecule has 2 aliphatic rings. The number of hydrogen-bond donors (Lipinski definition) is 2. The molecule has 0 bridgehead atoms. The Bertz CT molecular complexity index is 933. The zero-order valence-electron chi connectivity index (χ0n) is 14.6. The molecule has 3 amide bonds. The molecule has 2 aromatic rings. The summed E-state index contributed by atoms with van der Waals surface area (Å²) in [4.78, 5) is 42.4. The Labute approximate surface area is 150 Å². The van der Waals surface area contributed by atoms with E-state index in [1.807, 2.05) is 13.0 Å². The highest BCUT2D eigenvalue weighted by Crippen LogP contribution is 2.40. The van der Waals surface area contributed by atoms with Crippen molar-refractivity contribution in [3.63, 3.8) is 0 Å². The number of para-hydroxylation sites is 1. The number of urea groups is 1. The fraction of sp³-hybridized carbons (Fsp3) is 0.316. The van der Waals surface area contributed by atoms with E-state index in [1.165, 1.54) is 0 Å². The molecule has 1 saturated heterocycles. The van der Waals surface area contributed by atoms with Crippen molar-refractivity contribution in [2.24, 2.45) is 0 Å². The largest absolute Gasteiger partial charge is 0.493 e. The Morgan fingerprint density at radius 2 is 2.04 bits per heavy atom. The van der Waals surface area contributed by atoms with Crippen molar-refractivity contribution in [1.82, 2.24) is 15.2 Å². The number of rotatable bonds is 3. The SMILES string of the molecule is Cc1cc(C(=O)CN2C(=O)NC3(CCOc4ccccc43)C2=O)c(C)[nH]1. The normalized spacial score (nSPS) is 21.5. The Morgan fingerprint density at radius 1 is 1.27 bits per heavy atom. The number of fused-ring (bicyclic) bond motifs is 2. The summed E-state index contributed by atoms with van der Waals surface area (Å²) in [5.74, 6) is -0.0954. The Balaban J connectivity index is 1.65. The van der Waals surface area contributed by atoms with Gasteiger partial charge in [0.15, 0.2) is 11.3 Å². The second-order valence-electron chi connectivity index (χ2n) is 6.74. The Morgan fingerprint density at radius 3 is 2.77 bits per heavy atom. The van der Waals surface area contributed by atoms with Crippen LogP contribution in [-0.2, 0) is 10.3 Å². The van der Waals surface area contributed by atoms with E-state index >= 15 is 0 Å². The molecule has 26 heavy (non-hydrogen) atoms. The van der Waals surface area contributed by atoms with Gasteiger partial charge in [-0.1, -0.05) is 18.2 Å². The predicted octanol–water partition coefficient (Wildman–Crippen LogP) is 2.04. The van der Waals surface area contributed by atoms with Crippen molar-refractivity contribution in [2.45, 2.75) is 25.8 Å². The van der Waals surface area contributed by atoms with Crippen LogP contribution in [0.15, 0.2) is 30.3 Å². The second kappa shape index (κ2) is 5.72. The quantitative estimate of drug-likeness (QED) is 0.652. The van der Waals surface area contributed by atoms with Crippen LogP contribution in [-0.4, -0.2) is 40.8 Å². The van der Waals surface area contributed by atoms with Crippen LogP contribution >= 0.6 is 0 Å². The molecule has 1 atom stereocenters. The molecule has 7 nitrogen and oxygen atoms in total. The average molecular weight is 353 g/mol. The summed E-state index contributed by atoms with van der Waals surface area (Å²) in [5.41, 5.74) is 1.56. The van der Waals surface area contributed by atoms with Gasteiger partial charge in [-0.3, -0.25) is 14.5 Å². The van der Waals surface area contributed by atoms with E-state index in [-0.39, 0.29) is 12.3 Å². The highest BCUT2D eigenvalue weighted by Gasteiger charge is 2.55. The summed E-state index contributed by atoms with van der Waals surface area (Å²) in [5, 5.41) is 2.80. The molecule has 4 rings (SSSR count). The number of H-pyrrole nitrogens is 1. The van der Waals surface area contributed by atoms with Crippen LogP contribution in [0.4, 0.5) is 4.79 Å². The third kappa shape index (κ3) is 2.31. The van der Waals surface area contributed by atoms with Gasteiger partial charge in [-0.15, -0.1) is 0 Å². The van der Waals surface area contributed by atoms with E-state index in [9.17, 15) is 14.4 Å². The molecule has 2 aliphatic heterocycles. The van der Waals surface area contributed by atoms with Crippen molar-refractivity contribution in [2.75, 3.05) is 13.2 Å². The predicted molar refractivity (Wildman–Crippen MR) is 93.1 cm³/mol. The first-order valence-electron chi connectivity index (χ1n) is 8.48. The molecule has 1 aromatic heterocycles. The topological polar surface area (TPSA) is 91.5 Å². The smallest absolute Gasteiger partial charge is 0.325 e. The molecular formula is C19H19N3O4. The number of ketones is 1. The number of aromatic nitrogens is 1. The first-order valence-corrected chi connectivity index (χ1v) is 8.48. The summed E-state index contributed by atoms with van der Waals surface area (Å²) < 4.78 is 5.60. The summed E-state index contributed by atoms with van der Waals surface area (Å²) >= 11 is 0. The van der Waals surface area contributed by atoms with Gasteiger partial charge in [0.25, 0.3) is 5.91 Å². The standard InChI is InChI=1S/C19H19N3O4/c1-11-9-13(12(2)20-11)15(23)10-22-17(24)19(21-18(22)25)7-8-26-16-6-4-3-5-14(16)19/h3-6,9,20H,7-8,10H2,1-2H3,(H,21,25). The lowest BCUT2D eigenvalue weighted by molar-refractivity contribution is -0.132. The zero-order chi connectivity index (χ0) is 18.5. The lowest BCUT2D eigenvalue weighted by Gasteiger charge is -2.33. The van der Waals surface area contributed by atoms with Crippen molar-refractivity contribution >= 4 is 17.7 Å². The van der Waals surface area contributed by atoms with Gasteiger partial charge in [-0.25, -0.2) is 4.79 Å². The number of ether oxygens (including phenoxy) is 1. The van der Waals surface area contributed by atoms with Crippen LogP contribution in [0.3, 0.4) is 0 Å². The molecule has 0 radical (unpaired) electrons. The average Bonchev–Trinajstić information content (AvgIpc) is 3.07. The number of carbonyl (C=O) groups excluding carboxylic acids is 3. The summed E-state index contributed by atoms with van der Waals surface area (Å²) in [6, 6.07) is 8.35. The molecule has 134 valence electrons. The third-order valence-electron chi connectivity index (χ3n) is 5.01. The number of nitrogens with zero attached hydrogens (tertiary/aromatic N) is 1. The van der Waals surface area contributed by atoms with Crippen LogP contribution in [0.2, 0.25) is 0 Å². The minimum absolute atomic E-state index is 0.271.